The lowest BCUT2D eigenvalue weighted by Crippen LogP contribution is -2.53. The molecule has 1 aromatic rings. The van der Waals surface area contributed by atoms with Crippen molar-refractivity contribution >= 4 is 17.5 Å². The van der Waals surface area contributed by atoms with Crippen LogP contribution in [0.5, 0.6) is 0 Å². The van der Waals surface area contributed by atoms with Crippen LogP contribution in [-0.2, 0) is 9.59 Å². The predicted molar refractivity (Wildman–Crippen MR) is 100 cm³/mol. The highest BCUT2D eigenvalue weighted by Gasteiger charge is 2.39. The Balaban J connectivity index is 1.25. The van der Waals surface area contributed by atoms with Gasteiger partial charge in [0.2, 0.25) is 11.8 Å². The monoisotopic (exact) mass is 354 g/mol. The van der Waals surface area contributed by atoms with E-state index in [1.165, 1.54) is 0 Å². The number of carbonyl (C=O) groups excluding carboxylic acids is 2. The third-order valence-corrected chi connectivity index (χ3v) is 5.92. The first kappa shape index (κ1) is 16.9. The molecule has 1 aromatic carbocycles. The Morgan fingerprint density at radius 2 is 2.04 bits per heavy atom. The zero-order valence-electron chi connectivity index (χ0n) is 15.0. The normalized spacial score (nSPS) is 23.4. The molecule has 3 N–H and O–H groups in total. The summed E-state index contributed by atoms with van der Waals surface area (Å²) >= 11 is 0. The summed E-state index contributed by atoms with van der Waals surface area (Å²) in [5.74, 6) is 1.03. The van der Waals surface area contributed by atoms with Crippen molar-refractivity contribution in [2.45, 2.75) is 43.6 Å². The molecule has 1 atom stereocenters. The van der Waals surface area contributed by atoms with Gasteiger partial charge in [-0.1, -0.05) is 24.8 Å². The van der Waals surface area contributed by atoms with Gasteiger partial charge in [0.1, 0.15) is 0 Å². The molecule has 1 unspecified atom stereocenters. The number of para-hydroxylation sites is 1. The van der Waals surface area contributed by atoms with Crippen LogP contribution in [-0.4, -0.2) is 41.9 Å². The van der Waals surface area contributed by atoms with Gasteiger partial charge in [-0.3, -0.25) is 9.59 Å². The van der Waals surface area contributed by atoms with Crippen molar-refractivity contribution in [1.82, 2.24) is 15.5 Å². The van der Waals surface area contributed by atoms with E-state index in [9.17, 15) is 9.59 Å². The minimum atomic E-state index is -0.122. The number of piperidine rings is 1. The molecule has 4 rings (SSSR count). The summed E-state index contributed by atoms with van der Waals surface area (Å²) in [5.41, 5.74) is 2.04. The highest BCUT2D eigenvalue weighted by atomic mass is 16.2. The molecule has 6 nitrogen and oxygen atoms in total. The van der Waals surface area contributed by atoms with Crippen molar-refractivity contribution in [1.29, 1.82) is 0 Å². The Bertz CT molecular complexity index is 737. The zero-order chi connectivity index (χ0) is 18.1. The van der Waals surface area contributed by atoms with Gasteiger partial charge in [0.25, 0.3) is 0 Å². The molecule has 2 amide bonds. The fourth-order valence-corrected chi connectivity index (χ4v) is 4.35. The maximum Gasteiger partial charge on any atom is 0.232 e. The van der Waals surface area contributed by atoms with E-state index in [1.807, 2.05) is 29.2 Å². The summed E-state index contributed by atoms with van der Waals surface area (Å²) in [6, 6.07) is 7.82. The van der Waals surface area contributed by atoms with E-state index < -0.39 is 0 Å². The molecule has 3 heterocycles. The topological polar surface area (TPSA) is 73.5 Å². The second kappa shape index (κ2) is 6.67. The van der Waals surface area contributed by atoms with Gasteiger partial charge in [-0.15, -0.1) is 0 Å². The van der Waals surface area contributed by atoms with E-state index in [2.05, 4.69) is 22.5 Å². The van der Waals surface area contributed by atoms with Gasteiger partial charge in [0.05, 0.1) is 17.3 Å². The van der Waals surface area contributed by atoms with E-state index >= 15 is 0 Å². The fourth-order valence-electron chi connectivity index (χ4n) is 4.35. The van der Waals surface area contributed by atoms with Gasteiger partial charge in [-0.25, -0.2) is 0 Å². The molecule has 26 heavy (non-hydrogen) atoms. The number of carbonyl (C=O) groups is 2. The van der Waals surface area contributed by atoms with Gasteiger partial charge < -0.3 is 20.9 Å². The lowest BCUT2D eigenvalue weighted by molar-refractivity contribution is -0.133. The second-order valence-corrected chi connectivity index (χ2v) is 7.64. The van der Waals surface area contributed by atoms with Gasteiger partial charge in [-0.2, -0.15) is 0 Å². The van der Waals surface area contributed by atoms with Crippen molar-refractivity contribution in [2.24, 2.45) is 0 Å². The molecular weight excluding hydrogens is 328 g/mol. The molecular formula is C20H26N4O2. The molecule has 0 saturated carbocycles. The van der Waals surface area contributed by atoms with Crippen molar-refractivity contribution in [2.75, 3.05) is 25.0 Å². The number of hydrogen-bond donors (Lipinski definition) is 3. The molecule has 1 spiro atoms. The number of amides is 2. The maximum atomic E-state index is 12.5. The van der Waals surface area contributed by atoms with E-state index in [4.69, 9.17) is 0 Å². The van der Waals surface area contributed by atoms with E-state index in [0.717, 1.165) is 62.4 Å². The Labute approximate surface area is 154 Å². The van der Waals surface area contributed by atoms with Gasteiger partial charge >= 0.3 is 0 Å². The average molecular weight is 354 g/mol. The quantitative estimate of drug-likeness (QED) is 0.772. The van der Waals surface area contributed by atoms with Crippen molar-refractivity contribution in [3.63, 3.8) is 0 Å². The first-order valence-electron chi connectivity index (χ1n) is 9.45. The van der Waals surface area contributed by atoms with Crippen molar-refractivity contribution in [3.05, 3.63) is 42.2 Å². The largest absolute Gasteiger partial charge is 0.370 e. The first-order valence-corrected chi connectivity index (χ1v) is 9.45. The third-order valence-electron chi connectivity index (χ3n) is 5.92. The Morgan fingerprint density at radius 3 is 2.77 bits per heavy atom. The standard InChI is InChI=1S/C20H26N4O2/c1-14-21-13-20(23-14)9-11-24(12-10-20)18(25)8-4-6-16-15-5-2-3-7-17(15)22-19(16)26/h2-3,5,7,16,21,23H,1,4,6,8-13H2,(H,22,26). The average Bonchev–Trinajstić information content (AvgIpc) is 3.15. The van der Waals surface area contributed by atoms with Crippen LogP contribution in [0.1, 0.15) is 43.6 Å². The molecule has 0 radical (unpaired) electrons. The van der Waals surface area contributed by atoms with Crippen LogP contribution in [0.15, 0.2) is 36.7 Å². The second-order valence-electron chi connectivity index (χ2n) is 7.64. The number of fused-ring (bicyclic) bond motifs is 1. The van der Waals surface area contributed by atoms with Crippen LogP contribution in [0, 0.1) is 0 Å². The van der Waals surface area contributed by atoms with Gasteiger partial charge in [0.15, 0.2) is 0 Å². The smallest absolute Gasteiger partial charge is 0.232 e. The Morgan fingerprint density at radius 1 is 1.27 bits per heavy atom. The highest BCUT2D eigenvalue weighted by Crippen LogP contribution is 2.35. The number of rotatable bonds is 4. The van der Waals surface area contributed by atoms with Crippen LogP contribution in [0.2, 0.25) is 0 Å². The molecule has 0 bridgehead atoms. The van der Waals surface area contributed by atoms with Crippen molar-refractivity contribution in [3.8, 4) is 0 Å². The minimum Gasteiger partial charge on any atom is -0.370 e. The van der Waals surface area contributed by atoms with Crippen LogP contribution in [0.3, 0.4) is 0 Å². The Hall–Kier alpha value is -2.50. The summed E-state index contributed by atoms with van der Waals surface area (Å²) < 4.78 is 0. The maximum absolute atomic E-state index is 12.5. The summed E-state index contributed by atoms with van der Waals surface area (Å²) in [6.07, 6.45) is 3.87. The van der Waals surface area contributed by atoms with Gasteiger partial charge in [0, 0.05) is 31.7 Å². The first-order chi connectivity index (χ1) is 12.6. The summed E-state index contributed by atoms with van der Waals surface area (Å²) in [6.45, 7) is 6.39. The lowest BCUT2D eigenvalue weighted by atomic mass is 9.88. The molecule has 3 aliphatic rings. The van der Waals surface area contributed by atoms with Crippen LogP contribution < -0.4 is 16.0 Å². The third kappa shape index (κ3) is 3.16. The van der Waals surface area contributed by atoms with E-state index in [1.54, 1.807) is 0 Å². The number of nitrogens with one attached hydrogen (secondary N) is 3. The molecule has 0 aromatic heterocycles. The SMILES string of the molecule is C=C1NCC2(CCN(C(=O)CCCC3C(=O)Nc4ccccc43)CC2)N1. The molecule has 2 saturated heterocycles. The predicted octanol–water partition coefficient (Wildman–Crippen LogP) is 1.92. The molecule has 3 aliphatic heterocycles. The van der Waals surface area contributed by atoms with E-state index in [0.29, 0.717) is 6.42 Å². The number of anilines is 1. The highest BCUT2D eigenvalue weighted by molar-refractivity contribution is 6.02. The summed E-state index contributed by atoms with van der Waals surface area (Å²) in [7, 11) is 0. The molecule has 2 fully saturated rings. The lowest BCUT2D eigenvalue weighted by Gasteiger charge is -2.39. The summed E-state index contributed by atoms with van der Waals surface area (Å²) in [5, 5.41) is 9.62. The molecule has 0 aliphatic carbocycles. The molecule has 138 valence electrons. The van der Waals surface area contributed by atoms with Crippen LogP contribution in [0.4, 0.5) is 5.69 Å². The Kier molecular flexibility index (Phi) is 4.34. The van der Waals surface area contributed by atoms with Crippen molar-refractivity contribution < 1.29 is 9.59 Å². The number of hydrogen-bond acceptors (Lipinski definition) is 4. The zero-order valence-corrected chi connectivity index (χ0v) is 15.0. The van der Waals surface area contributed by atoms with Crippen LogP contribution >= 0.6 is 0 Å². The summed E-state index contributed by atoms with van der Waals surface area (Å²) in [4.78, 5) is 26.7. The van der Waals surface area contributed by atoms with Crippen LogP contribution in [0.25, 0.3) is 0 Å². The van der Waals surface area contributed by atoms with Gasteiger partial charge in [-0.05, 0) is 37.3 Å². The number of nitrogens with zero attached hydrogens (tertiary/aromatic N) is 1. The number of benzene rings is 1. The minimum absolute atomic E-state index is 0.0543. The number of likely N-dealkylation sites (tertiary alicyclic amines) is 1. The van der Waals surface area contributed by atoms with E-state index in [-0.39, 0.29) is 23.3 Å². The fraction of sp³-hybridized carbons (Fsp3) is 0.500. The molecule has 6 heteroatoms.